The van der Waals surface area contributed by atoms with E-state index in [2.05, 4.69) is 9.97 Å². The topological polar surface area (TPSA) is 42.9 Å². The number of aromatic nitrogens is 2. The van der Waals surface area contributed by atoms with Crippen molar-refractivity contribution in [1.82, 2.24) is 9.97 Å². The van der Waals surface area contributed by atoms with E-state index in [4.69, 9.17) is 0 Å². The number of carbonyl (C=O) groups is 1. The van der Waals surface area contributed by atoms with Gasteiger partial charge in [0.2, 0.25) is 0 Å². The first kappa shape index (κ1) is 8.95. The summed E-state index contributed by atoms with van der Waals surface area (Å²) in [6.07, 6.45) is 5.52. The van der Waals surface area contributed by atoms with Crippen LogP contribution in [-0.4, -0.2) is 15.8 Å². The summed E-state index contributed by atoms with van der Waals surface area (Å²) in [6, 6.07) is 0. The van der Waals surface area contributed by atoms with E-state index in [0.29, 0.717) is 24.5 Å². The predicted octanol–water partition coefficient (Wildman–Crippen LogP) is 1.63. The number of hydrogen-bond acceptors (Lipinski definition) is 3. The Labute approximate surface area is 86.7 Å². The third-order valence-corrected chi connectivity index (χ3v) is 3.62. The lowest BCUT2D eigenvalue weighted by Crippen LogP contribution is -2.22. The molecule has 0 saturated heterocycles. The Hall–Kier alpha value is -1.32. The van der Waals surface area contributed by atoms with Crippen LogP contribution in [0.1, 0.15) is 31.5 Å². The second kappa shape index (κ2) is 2.84. The van der Waals surface area contributed by atoms with Gasteiger partial charge in [0.15, 0.2) is 5.82 Å². The molecule has 2 aliphatic rings. The Morgan fingerprint density at radius 2 is 2.13 bits per heavy atom. The van der Waals surface area contributed by atoms with Gasteiger partial charge in [-0.1, -0.05) is 0 Å². The Kier molecular flexibility index (Phi) is 1.69. The highest BCUT2D eigenvalue weighted by atomic mass is 19.1. The molecule has 2 atom stereocenters. The number of hydrogen-bond donors (Lipinski definition) is 0. The monoisotopic (exact) mass is 206 g/mol. The molecule has 0 aliphatic heterocycles. The van der Waals surface area contributed by atoms with Crippen LogP contribution < -0.4 is 0 Å². The fourth-order valence-electron chi connectivity index (χ4n) is 2.65. The summed E-state index contributed by atoms with van der Waals surface area (Å²) in [7, 11) is 0. The molecule has 1 heterocycles. The first-order valence-corrected chi connectivity index (χ1v) is 5.20. The van der Waals surface area contributed by atoms with Crippen LogP contribution in [0.5, 0.6) is 0 Å². The van der Waals surface area contributed by atoms with Crippen molar-refractivity contribution in [3.05, 3.63) is 24.0 Å². The van der Waals surface area contributed by atoms with Crippen LogP contribution in [0.25, 0.3) is 0 Å². The maximum atomic E-state index is 12.7. The van der Waals surface area contributed by atoms with Gasteiger partial charge < -0.3 is 0 Å². The van der Waals surface area contributed by atoms with Gasteiger partial charge in [0.1, 0.15) is 11.6 Å². The van der Waals surface area contributed by atoms with Gasteiger partial charge in [-0.25, -0.2) is 14.4 Å². The third kappa shape index (κ3) is 1.28. The van der Waals surface area contributed by atoms with Crippen LogP contribution in [0.4, 0.5) is 4.39 Å². The van der Waals surface area contributed by atoms with Gasteiger partial charge in [-0.05, 0) is 18.8 Å². The number of rotatable bonds is 1. The molecule has 0 bridgehead atoms. The quantitative estimate of drug-likeness (QED) is 0.701. The smallest absolute Gasteiger partial charge is 0.159 e. The summed E-state index contributed by atoms with van der Waals surface area (Å²) in [4.78, 5) is 19.3. The van der Waals surface area contributed by atoms with Gasteiger partial charge in [0.25, 0.3) is 0 Å². The molecule has 3 rings (SSSR count). The number of fused-ring (bicyclic) bond motifs is 1. The molecule has 1 aromatic rings. The summed E-state index contributed by atoms with van der Waals surface area (Å²) in [5.74, 6) is 1.07. The maximum Gasteiger partial charge on any atom is 0.159 e. The largest absolute Gasteiger partial charge is 0.300 e. The van der Waals surface area contributed by atoms with Crippen molar-refractivity contribution < 1.29 is 9.18 Å². The SMILES string of the molecule is O=C1CC[C@@]2(c3ncc(F)cn3)C[C@H]2C1. The van der Waals surface area contributed by atoms with Crippen LogP contribution in [0.15, 0.2) is 12.4 Å². The Morgan fingerprint density at radius 1 is 1.40 bits per heavy atom. The second-order valence-corrected chi connectivity index (χ2v) is 4.52. The van der Waals surface area contributed by atoms with Crippen LogP contribution in [0.2, 0.25) is 0 Å². The lowest BCUT2D eigenvalue weighted by atomic mass is 9.87. The fraction of sp³-hybridized carbons (Fsp3) is 0.545. The number of halogens is 1. The minimum atomic E-state index is -0.403. The van der Waals surface area contributed by atoms with Crippen LogP contribution in [0, 0.1) is 11.7 Å². The molecule has 2 saturated carbocycles. The van der Waals surface area contributed by atoms with Crippen molar-refractivity contribution in [3.63, 3.8) is 0 Å². The van der Waals surface area contributed by atoms with Gasteiger partial charge in [0.05, 0.1) is 12.4 Å². The highest BCUT2D eigenvalue weighted by Crippen LogP contribution is 2.60. The van der Waals surface area contributed by atoms with Crippen molar-refractivity contribution >= 4 is 5.78 Å². The summed E-state index contributed by atoms with van der Waals surface area (Å²) in [5.41, 5.74) is 0.00160. The zero-order valence-electron chi connectivity index (χ0n) is 8.24. The summed E-state index contributed by atoms with van der Waals surface area (Å²) >= 11 is 0. The molecule has 0 N–H and O–H groups in total. The number of carbonyl (C=O) groups excluding carboxylic acids is 1. The third-order valence-electron chi connectivity index (χ3n) is 3.62. The van der Waals surface area contributed by atoms with Gasteiger partial charge in [-0.2, -0.15) is 0 Å². The number of ketones is 1. The Morgan fingerprint density at radius 3 is 2.80 bits per heavy atom. The van der Waals surface area contributed by atoms with Crippen LogP contribution >= 0.6 is 0 Å². The van der Waals surface area contributed by atoms with E-state index >= 15 is 0 Å². The molecule has 3 nitrogen and oxygen atoms in total. The summed E-state index contributed by atoms with van der Waals surface area (Å²) in [6.45, 7) is 0. The Balaban J connectivity index is 1.90. The van der Waals surface area contributed by atoms with E-state index in [1.165, 1.54) is 12.4 Å². The van der Waals surface area contributed by atoms with E-state index in [1.54, 1.807) is 0 Å². The first-order chi connectivity index (χ1) is 7.21. The molecule has 0 spiro atoms. The molecular weight excluding hydrogens is 195 g/mol. The van der Waals surface area contributed by atoms with Crippen molar-refractivity contribution in [1.29, 1.82) is 0 Å². The van der Waals surface area contributed by atoms with Crippen LogP contribution in [-0.2, 0) is 10.2 Å². The lowest BCUT2D eigenvalue weighted by molar-refractivity contribution is -0.120. The average molecular weight is 206 g/mol. The van der Waals surface area contributed by atoms with Crippen molar-refractivity contribution in [2.75, 3.05) is 0 Å². The van der Waals surface area contributed by atoms with Gasteiger partial charge in [0, 0.05) is 18.3 Å². The zero-order chi connectivity index (χ0) is 10.5. The highest BCUT2D eigenvalue weighted by molar-refractivity contribution is 5.81. The standard InChI is InChI=1S/C11H11FN2O/c12-8-5-13-10(14-6-8)11-2-1-9(15)3-7(11)4-11/h5-7H,1-4H2/t7-,11-/m1/s1. The lowest BCUT2D eigenvalue weighted by Gasteiger charge is -2.19. The molecule has 78 valence electrons. The Bertz CT molecular complexity index is 417. The highest BCUT2D eigenvalue weighted by Gasteiger charge is 2.59. The number of nitrogens with zero attached hydrogens (tertiary/aromatic N) is 2. The molecule has 1 aromatic heterocycles. The average Bonchev–Trinajstić information content (AvgIpc) is 2.93. The van der Waals surface area contributed by atoms with E-state index in [-0.39, 0.29) is 5.41 Å². The molecule has 0 radical (unpaired) electrons. The van der Waals surface area contributed by atoms with E-state index < -0.39 is 5.82 Å². The predicted molar refractivity (Wildman–Crippen MR) is 50.6 cm³/mol. The molecule has 2 fully saturated rings. The van der Waals surface area contributed by atoms with Gasteiger partial charge >= 0.3 is 0 Å². The van der Waals surface area contributed by atoms with Crippen LogP contribution in [0.3, 0.4) is 0 Å². The molecular formula is C11H11FN2O. The molecule has 2 aliphatic carbocycles. The molecule has 4 heteroatoms. The molecule has 0 unspecified atom stereocenters. The normalized spacial score (nSPS) is 33.7. The fourth-order valence-corrected chi connectivity index (χ4v) is 2.65. The molecule has 15 heavy (non-hydrogen) atoms. The zero-order valence-corrected chi connectivity index (χ0v) is 8.24. The summed E-state index contributed by atoms with van der Waals surface area (Å²) < 4.78 is 12.7. The van der Waals surface area contributed by atoms with Crippen molar-refractivity contribution in [2.24, 2.45) is 5.92 Å². The number of Topliss-reactive ketones (excluding diaryl/α,β-unsaturated/α-hetero) is 1. The van der Waals surface area contributed by atoms with Crippen molar-refractivity contribution in [3.8, 4) is 0 Å². The maximum absolute atomic E-state index is 12.7. The van der Waals surface area contributed by atoms with E-state index in [0.717, 1.165) is 18.7 Å². The summed E-state index contributed by atoms with van der Waals surface area (Å²) in [5, 5.41) is 0. The first-order valence-electron chi connectivity index (χ1n) is 5.20. The molecule has 0 aromatic carbocycles. The van der Waals surface area contributed by atoms with E-state index in [1.807, 2.05) is 0 Å². The van der Waals surface area contributed by atoms with E-state index in [9.17, 15) is 9.18 Å². The second-order valence-electron chi connectivity index (χ2n) is 4.52. The minimum Gasteiger partial charge on any atom is -0.300 e. The minimum absolute atomic E-state index is 0.00160. The van der Waals surface area contributed by atoms with Gasteiger partial charge in [-0.3, -0.25) is 4.79 Å². The van der Waals surface area contributed by atoms with Gasteiger partial charge in [-0.15, -0.1) is 0 Å². The van der Waals surface area contributed by atoms with Crippen molar-refractivity contribution in [2.45, 2.75) is 31.1 Å². The molecule has 0 amide bonds.